The third kappa shape index (κ3) is 3.31. The van der Waals surface area contributed by atoms with Crippen LogP contribution in [-0.4, -0.2) is 0 Å². The van der Waals surface area contributed by atoms with E-state index in [1.807, 2.05) is 0 Å². The van der Waals surface area contributed by atoms with Gasteiger partial charge in [-0.3, -0.25) is 0 Å². The Labute approximate surface area is 109 Å². The molecule has 75 valence electrons. The van der Waals surface area contributed by atoms with Gasteiger partial charge in [0.2, 0.25) is 0 Å². The fourth-order valence-corrected chi connectivity index (χ4v) is 2.51. The Morgan fingerprint density at radius 1 is 1.54 bits per heavy atom. The van der Waals surface area contributed by atoms with Gasteiger partial charge in [-0.15, -0.1) is 0 Å². The monoisotopic (exact) mass is 255 g/mol. The fourth-order valence-electron chi connectivity index (χ4n) is 2.51. The third-order valence-corrected chi connectivity index (χ3v) is 3.34. The largest absolute Gasteiger partial charge is 0.343 e. The van der Waals surface area contributed by atoms with Crippen molar-refractivity contribution in [3.05, 3.63) is 12.8 Å². The second-order valence-corrected chi connectivity index (χ2v) is 5.11. The molecule has 0 saturated heterocycles. The van der Waals surface area contributed by atoms with Gasteiger partial charge in [0.05, 0.1) is 0 Å². The predicted octanol–water partition coefficient (Wildman–Crippen LogP) is 3.87. The first kappa shape index (κ1) is 14.1. The molecule has 0 spiro atoms. The molecule has 1 aliphatic carbocycles. The van der Waals surface area contributed by atoms with Gasteiger partial charge in [0, 0.05) is 32.7 Å². The molecule has 0 aromatic carbocycles. The van der Waals surface area contributed by atoms with Gasteiger partial charge in [-0.2, -0.15) is 24.2 Å². The first-order chi connectivity index (χ1) is 5.47. The number of hydrogen-bond acceptors (Lipinski definition) is 0. The molecule has 0 aliphatic heterocycles. The summed E-state index contributed by atoms with van der Waals surface area (Å²) in [6.07, 6.45) is 3.76. The van der Waals surface area contributed by atoms with Gasteiger partial charge < -0.3 is 12.8 Å². The summed E-state index contributed by atoms with van der Waals surface area (Å²) in [5.41, 5.74) is 0.531. The van der Waals surface area contributed by atoms with E-state index in [0.717, 1.165) is 18.3 Å². The number of rotatable bonds is 3. The maximum Gasteiger partial charge on any atom is 0 e. The van der Waals surface area contributed by atoms with Crippen LogP contribution in [0.1, 0.15) is 47.0 Å². The van der Waals surface area contributed by atoms with Crippen LogP contribution < -0.4 is 0 Å². The molecule has 2 unspecified atom stereocenters. The van der Waals surface area contributed by atoms with Crippen LogP contribution in [-0.2, 0) is 32.7 Å². The minimum absolute atomic E-state index is 0. The third-order valence-electron chi connectivity index (χ3n) is 3.34. The SMILES string of the molecule is [CH2-]CC(C)C[C-]1C(C)CC1(C)C.[Y]. The van der Waals surface area contributed by atoms with Gasteiger partial charge in [-0.1, -0.05) is 40.0 Å². The molecular formula is C12H22Y-2. The van der Waals surface area contributed by atoms with Crippen molar-refractivity contribution < 1.29 is 32.7 Å². The van der Waals surface area contributed by atoms with Crippen molar-refractivity contribution in [1.29, 1.82) is 0 Å². The van der Waals surface area contributed by atoms with Crippen LogP contribution in [0, 0.1) is 30.1 Å². The molecule has 1 heteroatoms. The standard InChI is InChI=1S/C12H22.Y/c1-6-9(2)7-11-10(3)8-12(11,4)5;/h9-10H,1,6-8H2,2-5H3;/q-2;. The Morgan fingerprint density at radius 3 is 2.38 bits per heavy atom. The molecule has 0 N–H and O–H groups in total. The molecule has 1 rings (SSSR count). The average molecular weight is 255 g/mol. The molecule has 0 bridgehead atoms. The van der Waals surface area contributed by atoms with E-state index in [2.05, 4.69) is 34.6 Å². The zero-order valence-electron chi connectivity index (χ0n) is 9.56. The van der Waals surface area contributed by atoms with E-state index in [-0.39, 0.29) is 32.7 Å². The van der Waals surface area contributed by atoms with Crippen LogP contribution in [0.25, 0.3) is 0 Å². The molecule has 0 heterocycles. The van der Waals surface area contributed by atoms with E-state index >= 15 is 0 Å². The topological polar surface area (TPSA) is 0 Å². The molecule has 0 aromatic heterocycles. The molecular weight excluding hydrogens is 233 g/mol. The number of hydrogen-bond donors (Lipinski definition) is 0. The first-order valence-corrected chi connectivity index (χ1v) is 5.13. The Morgan fingerprint density at radius 2 is 2.08 bits per heavy atom. The summed E-state index contributed by atoms with van der Waals surface area (Å²) < 4.78 is 0. The normalized spacial score (nSPS) is 28.8. The van der Waals surface area contributed by atoms with E-state index in [1.165, 1.54) is 12.8 Å². The molecule has 2 atom stereocenters. The Bertz CT molecular complexity index is 151. The summed E-state index contributed by atoms with van der Waals surface area (Å²) in [5.74, 6) is 3.43. The van der Waals surface area contributed by atoms with Gasteiger partial charge in [0.15, 0.2) is 0 Å². The Hall–Kier alpha value is 1.10. The van der Waals surface area contributed by atoms with Crippen LogP contribution in [0.4, 0.5) is 0 Å². The minimum Gasteiger partial charge on any atom is -0.343 e. The summed E-state index contributed by atoms with van der Waals surface area (Å²) >= 11 is 0. The van der Waals surface area contributed by atoms with E-state index in [0.29, 0.717) is 5.41 Å². The van der Waals surface area contributed by atoms with Gasteiger partial charge in [-0.25, -0.2) is 0 Å². The zero-order valence-corrected chi connectivity index (χ0v) is 12.4. The maximum absolute atomic E-state index is 3.96. The van der Waals surface area contributed by atoms with Crippen LogP contribution in [0.2, 0.25) is 0 Å². The summed E-state index contributed by atoms with van der Waals surface area (Å²) in [5, 5.41) is 0. The van der Waals surface area contributed by atoms with Gasteiger partial charge in [-0.05, 0) is 0 Å². The molecule has 0 amide bonds. The van der Waals surface area contributed by atoms with E-state index < -0.39 is 0 Å². The predicted molar refractivity (Wildman–Crippen MR) is 54.6 cm³/mol. The van der Waals surface area contributed by atoms with Gasteiger partial charge >= 0.3 is 0 Å². The Balaban J connectivity index is 0.00000144. The van der Waals surface area contributed by atoms with E-state index in [1.54, 1.807) is 5.92 Å². The summed E-state index contributed by atoms with van der Waals surface area (Å²) in [6, 6.07) is 0. The fraction of sp³-hybridized carbons (Fsp3) is 0.833. The zero-order chi connectivity index (χ0) is 9.35. The molecule has 0 nitrogen and oxygen atoms in total. The molecule has 1 saturated carbocycles. The van der Waals surface area contributed by atoms with Crippen LogP contribution in [0.5, 0.6) is 0 Å². The first-order valence-electron chi connectivity index (χ1n) is 5.13. The van der Waals surface area contributed by atoms with Crippen LogP contribution in [0.3, 0.4) is 0 Å². The van der Waals surface area contributed by atoms with Crippen molar-refractivity contribution in [2.45, 2.75) is 47.0 Å². The van der Waals surface area contributed by atoms with Crippen molar-refractivity contribution in [3.8, 4) is 0 Å². The second-order valence-electron chi connectivity index (χ2n) is 5.11. The second kappa shape index (κ2) is 5.26. The summed E-state index contributed by atoms with van der Waals surface area (Å²) in [4.78, 5) is 0. The minimum atomic E-state index is 0. The molecule has 1 fully saturated rings. The van der Waals surface area contributed by atoms with Crippen LogP contribution in [0.15, 0.2) is 0 Å². The van der Waals surface area contributed by atoms with Crippen molar-refractivity contribution >= 4 is 0 Å². The summed E-state index contributed by atoms with van der Waals surface area (Å²) in [7, 11) is 0. The quantitative estimate of drug-likeness (QED) is 0.671. The van der Waals surface area contributed by atoms with E-state index in [4.69, 9.17) is 0 Å². The molecule has 0 aromatic rings. The Kier molecular flexibility index (Phi) is 5.71. The van der Waals surface area contributed by atoms with Crippen molar-refractivity contribution in [1.82, 2.24) is 0 Å². The molecule has 1 radical (unpaired) electrons. The molecule has 1 aliphatic rings. The van der Waals surface area contributed by atoms with Crippen molar-refractivity contribution in [2.75, 3.05) is 0 Å². The van der Waals surface area contributed by atoms with Gasteiger partial charge in [0.1, 0.15) is 0 Å². The van der Waals surface area contributed by atoms with E-state index in [9.17, 15) is 0 Å². The smallest absolute Gasteiger partial charge is 0 e. The van der Waals surface area contributed by atoms with Crippen LogP contribution >= 0.6 is 0 Å². The van der Waals surface area contributed by atoms with Gasteiger partial charge in [0.25, 0.3) is 0 Å². The van der Waals surface area contributed by atoms with Crippen molar-refractivity contribution in [2.24, 2.45) is 17.3 Å². The molecule has 13 heavy (non-hydrogen) atoms. The maximum atomic E-state index is 3.96. The van der Waals surface area contributed by atoms with Crippen molar-refractivity contribution in [3.63, 3.8) is 0 Å². The average Bonchev–Trinajstić information content (AvgIpc) is 1.99. The summed E-state index contributed by atoms with van der Waals surface area (Å²) in [6.45, 7) is 13.4.